The van der Waals surface area contributed by atoms with E-state index in [2.05, 4.69) is 0 Å². The van der Waals surface area contributed by atoms with Gasteiger partial charge >= 0.3 is 5.97 Å². The maximum Gasteiger partial charge on any atom is 0.306 e. The summed E-state index contributed by atoms with van der Waals surface area (Å²) in [5.74, 6) is -0.198. The fraction of sp³-hybridized carbons (Fsp3) is 0.533. The smallest absolute Gasteiger partial charge is 0.306 e. The minimum Gasteiger partial charge on any atom is -0.460 e. The highest BCUT2D eigenvalue weighted by Crippen LogP contribution is 2.24. The summed E-state index contributed by atoms with van der Waals surface area (Å²) in [6.07, 6.45) is 0.880. The first-order valence-electron chi connectivity index (χ1n) is 6.30. The van der Waals surface area contributed by atoms with Crippen LogP contribution in [-0.4, -0.2) is 23.3 Å². The van der Waals surface area contributed by atoms with Gasteiger partial charge in [-0.05, 0) is 38.7 Å². The van der Waals surface area contributed by atoms with Gasteiger partial charge in [0, 0.05) is 6.61 Å². The highest BCUT2D eigenvalue weighted by molar-refractivity contribution is 5.71. The summed E-state index contributed by atoms with van der Waals surface area (Å²) in [6, 6.07) is 9.77. The number of rotatable bonds is 5. The van der Waals surface area contributed by atoms with E-state index >= 15 is 0 Å². The van der Waals surface area contributed by atoms with Crippen molar-refractivity contribution in [3.63, 3.8) is 0 Å². The molecule has 0 amide bonds. The van der Waals surface area contributed by atoms with Crippen molar-refractivity contribution in [2.24, 2.45) is 0 Å². The normalized spacial score (nSPS) is 13.1. The van der Waals surface area contributed by atoms with E-state index in [9.17, 15) is 4.79 Å². The summed E-state index contributed by atoms with van der Waals surface area (Å²) >= 11 is 0. The average Bonchev–Trinajstić information content (AvgIpc) is 2.27. The fourth-order valence-corrected chi connectivity index (χ4v) is 1.85. The van der Waals surface area contributed by atoms with E-state index in [0.29, 0.717) is 12.8 Å². The molecule has 1 atom stereocenters. The topological polar surface area (TPSA) is 46.5 Å². The number of esters is 1. The summed E-state index contributed by atoms with van der Waals surface area (Å²) in [5.41, 5.74) is 0.606. The molecule has 3 nitrogen and oxygen atoms in total. The summed E-state index contributed by atoms with van der Waals surface area (Å²) < 4.78 is 5.32. The van der Waals surface area contributed by atoms with E-state index in [0.717, 1.165) is 5.56 Å². The molecule has 0 aromatic heterocycles. The predicted molar refractivity (Wildman–Crippen MR) is 71.3 cm³/mol. The lowest BCUT2D eigenvalue weighted by Crippen LogP contribution is -2.25. The molecule has 0 radical (unpaired) electrons. The van der Waals surface area contributed by atoms with Gasteiger partial charge in [0.1, 0.15) is 5.60 Å². The molecule has 0 saturated carbocycles. The molecule has 0 aliphatic carbocycles. The molecule has 1 aromatic rings. The third-order valence-corrected chi connectivity index (χ3v) is 2.58. The Morgan fingerprint density at radius 2 is 1.89 bits per heavy atom. The third kappa shape index (κ3) is 5.32. The van der Waals surface area contributed by atoms with Gasteiger partial charge in [-0.3, -0.25) is 4.79 Å². The Hall–Kier alpha value is -1.35. The molecule has 0 bridgehead atoms. The van der Waals surface area contributed by atoms with Crippen LogP contribution in [0.2, 0.25) is 0 Å². The van der Waals surface area contributed by atoms with E-state index in [1.165, 1.54) is 0 Å². The molecule has 0 saturated heterocycles. The summed E-state index contributed by atoms with van der Waals surface area (Å²) in [7, 11) is 0. The van der Waals surface area contributed by atoms with Crippen molar-refractivity contribution < 1.29 is 14.6 Å². The molecule has 0 fully saturated rings. The molecule has 1 N–H and O–H groups in total. The maximum atomic E-state index is 11.8. The predicted octanol–water partition coefficient (Wildman–Crippen LogP) is 2.88. The van der Waals surface area contributed by atoms with Crippen LogP contribution in [0.4, 0.5) is 0 Å². The number of hydrogen-bond acceptors (Lipinski definition) is 3. The molecule has 0 aliphatic rings. The lowest BCUT2D eigenvalue weighted by molar-refractivity contribution is -0.155. The summed E-state index contributed by atoms with van der Waals surface area (Å²) in [5, 5.41) is 9.09. The van der Waals surface area contributed by atoms with Crippen LogP contribution in [0.3, 0.4) is 0 Å². The Kier molecular flexibility index (Phi) is 5.35. The minimum atomic E-state index is -0.461. The van der Waals surface area contributed by atoms with Crippen LogP contribution in [-0.2, 0) is 9.53 Å². The molecule has 0 unspecified atom stereocenters. The zero-order valence-corrected chi connectivity index (χ0v) is 11.3. The van der Waals surface area contributed by atoms with Crippen LogP contribution < -0.4 is 0 Å². The van der Waals surface area contributed by atoms with Crippen LogP contribution in [0.25, 0.3) is 0 Å². The summed E-state index contributed by atoms with van der Waals surface area (Å²) in [6.45, 7) is 5.64. The first kappa shape index (κ1) is 14.7. The quantitative estimate of drug-likeness (QED) is 0.817. The van der Waals surface area contributed by atoms with Gasteiger partial charge in [-0.2, -0.15) is 0 Å². The van der Waals surface area contributed by atoms with Crippen LogP contribution >= 0.6 is 0 Å². The molecule has 1 aromatic carbocycles. The molecule has 0 aliphatic heterocycles. The van der Waals surface area contributed by atoms with Crippen molar-refractivity contribution in [3.8, 4) is 0 Å². The molecular formula is C15H22O3. The SMILES string of the molecule is CC(C)(C)OC(=O)C[C@H](CCO)c1ccccc1. The lowest BCUT2D eigenvalue weighted by atomic mass is 9.93. The van der Waals surface area contributed by atoms with E-state index in [-0.39, 0.29) is 18.5 Å². The Morgan fingerprint density at radius 1 is 1.28 bits per heavy atom. The van der Waals surface area contributed by atoms with Gasteiger partial charge in [-0.25, -0.2) is 0 Å². The Balaban J connectivity index is 2.67. The standard InChI is InChI=1S/C15H22O3/c1-15(2,3)18-14(17)11-13(9-10-16)12-7-5-4-6-8-12/h4-8,13,16H,9-11H2,1-3H3/t13-/m0/s1. The third-order valence-electron chi connectivity index (χ3n) is 2.58. The second kappa shape index (κ2) is 6.55. The largest absolute Gasteiger partial charge is 0.460 e. The van der Waals surface area contributed by atoms with E-state index < -0.39 is 5.60 Å². The molecule has 1 rings (SSSR count). The first-order valence-corrected chi connectivity index (χ1v) is 6.30. The van der Waals surface area contributed by atoms with Gasteiger partial charge in [0.2, 0.25) is 0 Å². The number of hydrogen-bond donors (Lipinski definition) is 1. The van der Waals surface area contributed by atoms with E-state index in [1.807, 2.05) is 51.1 Å². The van der Waals surface area contributed by atoms with Crippen molar-refractivity contribution in [1.29, 1.82) is 0 Å². The Morgan fingerprint density at radius 3 is 2.39 bits per heavy atom. The number of aliphatic hydroxyl groups is 1. The van der Waals surface area contributed by atoms with Gasteiger partial charge in [-0.15, -0.1) is 0 Å². The molecule has 0 heterocycles. The van der Waals surface area contributed by atoms with E-state index in [4.69, 9.17) is 9.84 Å². The number of benzene rings is 1. The van der Waals surface area contributed by atoms with Gasteiger partial charge in [0.25, 0.3) is 0 Å². The van der Waals surface area contributed by atoms with E-state index in [1.54, 1.807) is 0 Å². The Labute approximate surface area is 109 Å². The van der Waals surface area contributed by atoms with Crippen LogP contribution in [0.5, 0.6) is 0 Å². The van der Waals surface area contributed by atoms with Crippen LogP contribution in [0.1, 0.15) is 45.1 Å². The monoisotopic (exact) mass is 250 g/mol. The van der Waals surface area contributed by atoms with Crippen molar-refractivity contribution >= 4 is 5.97 Å². The van der Waals surface area contributed by atoms with Gasteiger partial charge in [-0.1, -0.05) is 30.3 Å². The first-order chi connectivity index (χ1) is 8.42. The Bertz CT molecular complexity index is 365. The van der Waals surface area contributed by atoms with Crippen LogP contribution in [0, 0.1) is 0 Å². The van der Waals surface area contributed by atoms with Crippen molar-refractivity contribution in [2.75, 3.05) is 6.61 Å². The molecule has 3 heteroatoms. The second-order valence-electron chi connectivity index (χ2n) is 5.41. The van der Waals surface area contributed by atoms with Crippen molar-refractivity contribution in [3.05, 3.63) is 35.9 Å². The second-order valence-corrected chi connectivity index (χ2v) is 5.41. The van der Waals surface area contributed by atoms with Crippen molar-refractivity contribution in [1.82, 2.24) is 0 Å². The van der Waals surface area contributed by atoms with Crippen molar-refractivity contribution in [2.45, 2.75) is 45.1 Å². The molecule has 0 spiro atoms. The zero-order chi connectivity index (χ0) is 13.6. The minimum absolute atomic E-state index is 0.0195. The molecule has 100 valence electrons. The fourth-order valence-electron chi connectivity index (χ4n) is 1.85. The number of carbonyl (C=O) groups excluding carboxylic acids is 1. The number of carbonyl (C=O) groups is 1. The number of aliphatic hydroxyl groups excluding tert-OH is 1. The summed E-state index contributed by atoms with van der Waals surface area (Å²) in [4.78, 5) is 11.8. The van der Waals surface area contributed by atoms with Crippen LogP contribution in [0.15, 0.2) is 30.3 Å². The zero-order valence-electron chi connectivity index (χ0n) is 11.3. The highest BCUT2D eigenvalue weighted by Gasteiger charge is 2.21. The highest BCUT2D eigenvalue weighted by atomic mass is 16.6. The molecule has 18 heavy (non-hydrogen) atoms. The van der Waals surface area contributed by atoms with Gasteiger partial charge < -0.3 is 9.84 Å². The van der Waals surface area contributed by atoms with Gasteiger partial charge in [0.05, 0.1) is 6.42 Å². The average molecular weight is 250 g/mol. The molecular weight excluding hydrogens is 228 g/mol. The number of ether oxygens (including phenoxy) is 1. The van der Waals surface area contributed by atoms with Gasteiger partial charge in [0.15, 0.2) is 0 Å². The maximum absolute atomic E-state index is 11.8. The lowest BCUT2D eigenvalue weighted by Gasteiger charge is -2.22.